The van der Waals surface area contributed by atoms with Crippen LogP contribution < -0.4 is 10.2 Å². The molecular weight excluding hydrogens is 408 g/mol. The number of anilines is 1. The van der Waals surface area contributed by atoms with Crippen molar-refractivity contribution in [2.24, 2.45) is 5.92 Å². The van der Waals surface area contributed by atoms with Crippen LogP contribution in [0.25, 0.3) is 20.9 Å². The van der Waals surface area contributed by atoms with Gasteiger partial charge in [-0.3, -0.25) is 9.78 Å². The number of aromatic nitrogens is 4. The fraction of sp³-hybridized carbons (Fsp3) is 0.316. The molecule has 8 nitrogen and oxygen atoms in total. The van der Waals surface area contributed by atoms with Crippen LogP contribution in [0.2, 0.25) is 0 Å². The number of fused-ring (bicyclic) bond motifs is 1. The Labute approximate surface area is 175 Å². The van der Waals surface area contributed by atoms with Gasteiger partial charge in [-0.05, 0) is 24.1 Å². The lowest BCUT2D eigenvalue weighted by molar-refractivity contribution is 0.0918. The molecule has 0 saturated carbocycles. The van der Waals surface area contributed by atoms with Crippen molar-refractivity contribution >= 4 is 43.2 Å². The maximum Gasteiger partial charge on any atom is 0.262 e. The number of nitrogens with zero attached hydrogens (tertiary/aromatic N) is 5. The van der Waals surface area contributed by atoms with Gasteiger partial charge in [-0.1, -0.05) is 30.3 Å². The van der Waals surface area contributed by atoms with Gasteiger partial charge in [0, 0.05) is 32.1 Å². The number of pyridine rings is 1. The summed E-state index contributed by atoms with van der Waals surface area (Å²) < 4.78 is 6.45. The smallest absolute Gasteiger partial charge is 0.262 e. The minimum atomic E-state index is -0.397. The second kappa shape index (κ2) is 7.88. The third kappa shape index (κ3) is 3.99. The quantitative estimate of drug-likeness (QED) is 0.496. The number of thiophene rings is 1. The second-order valence-electron chi connectivity index (χ2n) is 7.06. The molecule has 1 N–H and O–H groups in total. The molecule has 0 fully saturated rings. The van der Waals surface area contributed by atoms with Gasteiger partial charge in [-0.2, -0.15) is 4.98 Å². The molecule has 0 spiro atoms. The molecule has 1 unspecified atom stereocenters. The summed E-state index contributed by atoms with van der Waals surface area (Å²) in [5, 5.41) is 7.99. The average molecular weight is 429 g/mol. The van der Waals surface area contributed by atoms with Gasteiger partial charge in [0.05, 0.1) is 9.58 Å². The van der Waals surface area contributed by atoms with Crippen molar-refractivity contribution < 1.29 is 9.32 Å². The van der Waals surface area contributed by atoms with Crippen LogP contribution in [0.4, 0.5) is 5.13 Å². The minimum absolute atomic E-state index is 0.0701. The Balaban J connectivity index is 1.55. The van der Waals surface area contributed by atoms with E-state index < -0.39 is 6.04 Å². The van der Waals surface area contributed by atoms with Gasteiger partial charge in [-0.15, -0.1) is 11.3 Å². The zero-order chi connectivity index (χ0) is 20.5. The molecule has 10 heteroatoms. The molecule has 4 aromatic heterocycles. The maximum absolute atomic E-state index is 12.9. The Hall–Kier alpha value is -2.85. The van der Waals surface area contributed by atoms with E-state index in [0.717, 1.165) is 20.2 Å². The molecule has 4 aromatic rings. The first-order valence-electron chi connectivity index (χ1n) is 9.05. The van der Waals surface area contributed by atoms with Gasteiger partial charge in [0.1, 0.15) is 10.9 Å². The number of rotatable bonds is 6. The second-order valence-corrected chi connectivity index (χ2v) is 9.10. The number of hydrogen-bond donors (Lipinski definition) is 1. The Bertz CT molecular complexity index is 1100. The monoisotopic (exact) mass is 428 g/mol. The summed E-state index contributed by atoms with van der Waals surface area (Å²) in [7, 11) is 3.90. The van der Waals surface area contributed by atoms with E-state index >= 15 is 0 Å². The molecule has 0 saturated heterocycles. The zero-order valence-corrected chi connectivity index (χ0v) is 18.0. The van der Waals surface area contributed by atoms with Gasteiger partial charge in [0.15, 0.2) is 5.13 Å². The van der Waals surface area contributed by atoms with Crippen molar-refractivity contribution in [1.82, 2.24) is 25.4 Å². The first-order valence-corrected chi connectivity index (χ1v) is 10.7. The van der Waals surface area contributed by atoms with E-state index in [1.165, 1.54) is 11.3 Å². The Kier molecular flexibility index (Phi) is 5.29. The lowest BCUT2D eigenvalue weighted by atomic mass is 10.0. The molecule has 150 valence electrons. The summed E-state index contributed by atoms with van der Waals surface area (Å²) in [4.78, 5) is 29.4. The summed E-state index contributed by atoms with van der Waals surface area (Å²) in [5.74, 6) is 0.718. The molecule has 0 aromatic carbocycles. The van der Waals surface area contributed by atoms with Crippen molar-refractivity contribution in [3.8, 4) is 11.4 Å². The van der Waals surface area contributed by atoms with Gasteiger partial charge in [0.25, 0.3) is 5.91 Å². The fourth-order valence-electron chi connectivity index (χ4n) is 2.73. The summed E-state index contributed by atoms with van der Waals surface area (Å²) in [6.07, 6.45) is 3.36. The summed E-state index contributed by atoms with van der Waals surface area (Å²) in [6, 6.07) is 5.15. The average Bonchev–Trinajstić information content (AvgIpc) is 3.40. The number of hydrogen-bond acceptors (Lipinski definition) is 9. The van der Waals surface area contributed by atoms with Crippen LogP contribution in [0.1, 0.15) is 35.5 Å². The number of nitrogens with one attached hydrogen (secondary N) is 1. The molecule has 4 heterocycles. The molecule has 29 heavy (non-hydrogen) atoms. The van der Waals surface area contributed by atoms with E-state index in [0.29, 0.717) is 16.6 Å². The van der Waals surface area contributed by atoms with Crippen LogP contribution in [0.15, 0.2) is 35.1 Å². The zero-order valence-electron chi connectivity index (χ0n) is 16.4. The van der Waals surface area contributed by atoms with E-state index in [9.17, 15) is 4.79 Å². The topological polar surface area (TPSA) is 97.0 Å². The van der Waals surface area contributed by atoms with Gasteiger partial charge < -0.3 is 14.7 Å². The third-order valence-corrected chi connectivity index (χ3v) is 6.59. The van der Waals surface area contributed by atoms with Crippen LogP contribution in [0.5, 0.6) is 0 Å². The Morgan fingerprint density at radius 2 is 2.07 bits per heavy atom. The SMILES string of the molecule is CC(C)C(NC(=O)c1cc2sc(N(C)C)nc2s1)c1nc(-c2cccnc2)no1. The van der Waals surface area contributed by atoms with Gasteiger partial charge in [0.2, 0.25) is 11.7 Å². The standard InChI is InChI=1S/C19H20N6O2S2/c1-10(2)14(17-22-15(24-27-17)11-6-5-7-20-9-11)21-16(26)12-8-13-18(28-12)23-19(29-13)25(3)4/h5-10,14H,1-4H3,(H,21,26). The van der Waals surface area contributed by atoms with Crippen molar-refractivity contribution in [3.63, 3.8) is 0 Å². The summed E-state index contributed by atoms with van der Waals surface area (Å²) in [5.41, 5.74) is 0.762. The molecule has 0 radical (unpaired) electrons. The highest BCUT2D eigenvalue weighted by Gasteiger charge is 2.26. The lowest BCUT2D eigenvalue weighted by Gasteiger charge is -2.17. The number of carbonyl (C=O) groups excluding carboxylic acids is 1. The fourth-order valence-corrected chi connectivity index (χ4v) is 4.76. The predicted molar refractivity (Wildman–Crippen MR) is 114 cm³/mol. The first kappa shape index (κ1) is 19.5. The normalized spacial score (nSPS) is 12.4. The number of carbonyl (C=O) groups is 1. The largest absolute Gasteiger partial charge is 0.354 e. The van der Waals surface area contributed by atoms with Crippen molar-refractivity contribution in [3.05, 3.63) is 41.4 Å². The maximum atomic E-state index is 12.9. The first-order chi connectivity index (χ1) is 13.9. The highest BCUT2D eigenvalue weighted by molar-refractivity contribution is 7.29. The summed E-state index contributed by atoms with van der Waals surface area (Å²) >= 11 is 2.94. The number of thiazole rings is 1. The lowest BCUT2D eigenvalue weighted by Crippen LogP contribution is -2.31. The molecule has 4 rings (SSSR count). The highest BCUT2D eigenvalue weighted by atomic mass is 32.1. The molecule has 0 aliphatic rings. The Morgan fingerprint density at radius 3 is 2.72 bits per heavy atom. The van der Waals surface area contributed by atoms with Crippen LogP contribution in [0, 0.1) is 5.92 Å². The Morgan fingerprint density at radius 1 is 1.24 bits per heavy atom. The van der Waals surface area contributed by atoms with E-state index in [4.69, 9.17) is 4.52 Å². The molecule has 1 amide bonds. The highest BCUT2D eigenvalue weighted by Crippen LogP contribution is 2.34. The number of amides is 1. The molecule has 0 bridgehead atoms. The van der Waals surface area contributed by atoms with E-state index in [1.54, 1.807) is 23.7 Å². The van der Waals surface area contributed by atoms with Crippen molar-refractivity contribution in [2.75, 3.05) is 19.0 Å². The van der Waals surface area contributed by atoms with Crippen molar-refractivity contribution in [2.45, 2.75) is 19.9 Å². The molecule has 0 aliphatic heterocycles. The summed E-state index contributed by atoms with van der Waals surface area (Å²) in [6.45, 7) is 3.99. The van der Waals surface area contributed by atoms with Crippen molar-refractivity contribution in [1.29, 1.82) is 0 Å². The van der Waals surface area contributed by atoms with E-state index in [-0.39, 0.29) is 11.8 Å². The third-order valence-electron chi connectivity index (χ3n) is 4.27. The van der Waals surface area contributed by atoms with Crippen LogP contribution >= 0.6 is 22.7 Å². The minimum Gasteiger partial charge on any atom is -0.354 e. The van der Waals surface area contributed by atoms with Gasteiger partial charge >= 0.3 is 0 Å². The molecule has 0 aliphatic carbocycles. The van der Waals surface area contributed by atoms with Crippen LogP contribution in [-0.4, -0.2) is 40.1 Å². The van der Waals surface area contributed by atoms with E-state index in [2.05, 4.69) is 25.4 Å². The van der Waals surface area contributed by atoms with Gasteiger partial charge in [-0.25, -0.2) is 4.98 Å². The molecular formula is C19H20N6O2S2. The van der Waals surface area contributed by atoms with Crippen LogP contribution in [0.3, 0.4) is 0 Å². The van der Waals surface area contributed by atoms with Crippen LogP contribution in [-0.2, 0) is 0 Å². The van der Waals surface area contributed by atoms with E-state index in [1.807, 2.05) is 51.0 Å². The molecule has 1 atom stereocenters. The predicted octanol–water partition coefficient (Wildman–Crippen LogP) is 4.00.